The van der Waals surface area contributed by atoms with Crippen molar-refractivity contribution in [2.24, 2.45) is 5.73 Å². The highest BCUT2D eigenvalue weighted by molar-refractivity contribution is 5.56. The number of hydrogen-bond donors (Lipinski definition) is 1. The van der Waals surface area contributed by atoms with Gasteiger partial charge in [0, 0.05) is 30.7 Å². The molecule has 0 aromatic carbocycles. The van der Waals surface area contributed by atoms with Crippen LogP contribution in [0.1, 0.15) is 5.69 Å². The van der Waals surface area contributed by atoms with Crippen molar-refractivity contribution in [3.05, 3.63) is 42.6 Å². The zero-order valence-corrected chi connectivity index (χ0v) is 7.59. The van der Waals surface area contributed by atoms with Crippen LogP contribution < -0.4 is 5.73 Å². The Hall–Kier alpha value is -1.81. The minimum Gasteiger partial charge on any atom is -0.325 e. The molecule has 2 N–H and O–H groups in total. The number of nitrogens with two attached hydrogens (primary N) is 1. The molecule has 4 nitrogen and oxygen atoms in total. The number of pyridine rings is 1. The molecule has 0 saturated carbocycles. The summed E-state index contributed by atoms with van der Waals surface area (Å²) >= 11 is 0. The van der Waals surface area contributed by atoms with Gasteiger partial charge in [-0.25, -0.2) is 4.98 Å². The summed E-state index contributed by atoms with van der Waals surface area (Å²) in [5.74, 6) is 0. The number of aromatic nitrogens is 3. The smallest absolute Gasteiger partial charge is 0.0904 e. The van der Waals surface area contributed by atoms with Gasteiger partial charge in [0.2, 0.25) is 0 Å². The average molecular weight is 186 g/mol. The fraction of sp³-hybridized carbons (Fsp3) is 0.100. The Kier molecular flexibility index (Phi) is 2.46. The minimum atomic E-state index is 0.404. The second kappa shape index (κ2) is 3.93. The van der Waals surface area contributed by atoms with Gasteiger partial charge in [-0.15, -0.1) is 0 Å². The quantitative estimate of drug-likeness (QED) is 0.759. The van der Waals surface area contributed by atoms with Crippen LogP contribution in [0, 0.1) is 0 Å². The van der Waals surface area contributed by atoms with Gasteiger partial charge >= 0.3 is 0 Å². The van der Waals surface area contributed by atoms with E-state index in [1.54, 1.807) is 24.8 Å². The van der Waals surface area contributed by atoms with Gasteiger partial charge in [-0.3, -0.25) is 9.97 Å². The molecule has 0 bridgehead atoms. The third-order valence-electron chi connectivity index (χ3n) is 1.85. The van der Waals surface area contributed by atoms with E-state index in [4.69, 9.17) is 5.73 Å². The van der Waals surface area contributed by atoms with Gasteiger partial charge in [-0.05, 0) is 12.1 Å². The SMILES string of the molecule is NCc1cncc(-c2cccnc2)n1. The van der Waals surface area contributed by atoms with Gasteiger partial charge in [0.15, 0.2) is 0 Å². The number of rotatable bonds is 2. The summed E-state index contributed by atoms with van der Waals surface area (Å²) in [6, 6.07) is 3.81. The summed E-state index contributed by atoms with van der Waals surface area (Å²) in [5, 5.41) is 0. The summed E-state index contributed by atoms with van der Waals surface area (Å²) in [6.45, 7) is 0.404. The van der Waals surface area contributed by atoms with E-state index < -0.39 is 0 Å². The third-order valence-corrected chi connectivity index (χ3v) is 1.85. The van der Waals surface area contributed by atoms with Crippen molar-refractivity contribution < 1.29 is 0 Å². The highest BCUT2D eigenvalue weighted by Crippen LogP contribution is 2.13. The van der Waals surface area contributed by atoms with E-state index in [0.29, 0.717) is 6.54 Å². The first-order valence-electron chi connectivity index (χ1n) is 4.31. The van der Waals surface area contributed by atoms with Crippen molar-refractivity contribution in [3.8, 4) is 11.3 Å². The van der Waals surface area contributed by atoms with Crippen LogP contribution in [0.3, 0.4) is 0 Å². The van der Waals surface area contributed by atoms with Crippen LogP contribution >= 0.6 is 0 Å². The molecule has 0 atom stereocenters. The fourth-order valence-corrected chi connectivity index (χ4v) is 1.16. The predicted octanol–water partition coefficient (Wildman–Crippen LogP) is 0.997. The van der Waals surface area contributed by atoms with E-state index in [1.165, 1.54) is 0 Å². The normalized spacial score (nSPS) is 10.1. The van der Waals surface area contributed by atoms with E-state index in [-0.39, 0.29) is 0 Å². The number of nitrogens with zero attached hydrogens (tertiary/aromatic N) is 3. The first-order valence-corrected chi connectivity index (χ1v) is 4.31. The lowest BCUT2D eigenvalue weighted by molar-refractivity contribution is 0.967. The van der Waals surface area contributed by atoms with Gasteiger partial charge in [0.1, 0.15) is 0 Å². The Morgan fingerprint density at radius 2 is 2.07 bits per heavy atom. The van der Waals surface area contributed by atoms with E-state index >= 15 is 0 Å². The van der Waals surface area contributed by atoms with Gasteiger partial charge in [-0.1, -0.05) is 0 Å². The maximum atomic E-state index is 5.48. The van der Waals surface area contributed by atoms with Crippen LogP contribution in [-0.4, -0.2) is 15.0 Å². The Bertz CT molecular complexity index is 413. The van der Waals surface area contributed by atoms with Gasteiger partial charge < -0.3 is 5.73 Å². The second-order valence-electron chi connectivity index (χ2n) is 2.84. The molecule has 0 unspecified atom stereocenters. The van der Waals surface area contributed by atoms with Crippen LogP contribution in [-0.2, 0) is 6.54 Å². The lowest BCUT2D eigenvalue weighted by Gasteiger charge is -2.00. The zero-order chi connectivity index (χ0) is 9.80. The molecular formula is C10H10N4. The molecule has 70 valence electrons. The molecule has 14 heavy (non-hydrogen) atoms. The Balaban J connectivity index is 2.42. The monoisotopic (exact) mass is 186 g/mol. The molecular weight excluding hydrogens is 176 g/mol. The van der Waals surface area contributed by atoms with Crippen molar-refractivity contribution >= 4 is 0 Å². The first kappa shape index (κ1) is 8.77. The van der Waals surface area contributed by atoms with E-state index in [9.17, 15) is 0 Å². The predicted molar refractivity (Wildman–Crippen MR) is 53.2 cm³/mol. The summed E-state index contributed by atoms with van der Waals surface area (Å²) in [7, 11) is 0. The third kappa shape index (κ3) is 1.75. The molecule has 4 heteroatoms. The van der Waals surface area contributed by atoms with Gasteiger partial charge in [0.25, 0.3) is 0 Å². The van der Waals surface area contributed by atoms with Crippen molar-refractivity contribution in [3.63, 3.8) is 0 Å². The molecule has 0 aliphatic heterocycles. The molecule has 0 aliphatic carbocycles. The van der Waals surface area contributed by atoms with Crippen LogP contribution in [0.15, 0.2) is 36.9 Å². The Morgan fingerprint density at radius 3 is 2.79 bits per heavy atom. The molecule has 2 heterocycles. The van der Waals surface area contributed by atoms with Crippen LogP contribution in [0.2, 0.25) is 0 Å². The topological polar surface area (TPSA) is 64.7 Å². The molecule has 2 aromatic heterocycles. The van der Waals surface area contributed by atoms with Gasteiger partial charge in [-0.2, -0.15) is 0 Å². The fourth-order valence-electron chi connectivity index (χ4n) is 1.16. The first-order chi connectivity index (χ1) is 6.90. The lowest BCUT2D eigenvalue weighted by Crippen LogP contribution is -2.01. The molecule has 0 amide bonds. The molecule has 0 aliphatic rings. The molecule has 0 fully saturated rings. The Labute approximate surface area is 81.9 Å². The van der Waals surface area contributed by atoms with E-state index in [1.807, 2.05) is 12.1 Å². The molecule has 2 aromatic rings. The average Bonchev–Trinajstić information content (AvgIpc) is 2.30. The van der Waals surface area contributed by atoms with Crippen LogP contribution in [0.5, 0.6) is 0 Å². The van der Waals surface area contributed by atoms with Crippen molar-refractivity contribution in [2.45, 2.75) is 6.54 Å². The summed E-state index contributed by atoms with van der Waals surface area (Å²) in [5.41, 5.74) is 8.02. The van der Waals surface area contributed by atoms with E-state index in [2.05, 4.69) is 15.0 Å². The van der Waals surface area contributed by atoms with Crippen LogP contribution in [0.4, 0.5) is 0 Å². The van der Waals surface area contributed by atoms with E-state index in [0.717, 1.165) is 17.0 Å². The molecule has 0 saturated heterocycles. The summed E-state index contributed by atoms with van der Waals surface area (Å²) < 4.78 is 0. The van der Waals surface area contributed by atoms with Crippen molar-refractivity contribution in [2.75, 3.05) is 0 Å². The van der Waals surface area contributed by atoms with Crippen molar-refractivity contribution in [1.82, 2.24) is 15.0 Å². The standard InChI is InChI=1S/C10H10N4/c11-4-9-6-13-7-10(14-9)8-2-1-3-12-5-8/h1-3,5-7H,4,11H2. The van der Waals surface area contributed by atoms with Gasteiger partial charge in [0.05, 0.1) is 17.6 Å². The van der Waals surface area contributed by atoms with Crippen LogP contribution in [0.25, 0.3) is 11.3 Å². The maximum Gasteiger partial charge on any atom is 0.0904 e. The second-order valence-corrected chi connectivity index (χ2v) is 2.84. The zero-order valence-electron chi connectivity index (χ0n) is 7.59. The molecule has 2 rings (SSSR count). The highest BCUT2D eigenvalue weighted by Gasteiger charge is 1.99. The number of hydrogen-bond acceptors (Lipinski definition) is 4. The maximum absolute atomic E-state index is 5.48. The lowest BCUT2D eigenvalue weighted by atomic mass is 10.2. The summed E-state index contributed by atoms with van der Waals surface area (Å²) in [4.78, 5) is 12.4. The summed E-state index contributed by atoms with van der Waals surface area (Å²) in [6.07, 6.45) is 6.85. The van der Waals surface area contributed by atoms with Crippen molar-refractivity contribution in [1.29, 1.82) is 0 Å². The molecule has 0 radical (unpaired) electrons. The largest absolute Gasteiger partial charge is 0.325 e. The minimum absolute atomic E-state index is 0.404. The highest BCUT2D eigenvalue weighted by atomic mass is 14.8. The Morgan fingerprint density at radius 1 is 1.14 bits per heavy atom. The molecule has 0 spiro atoms.